The second kappa shape index (κ2) is 8.00. The first-order valence-corrected chi connectivity index (χ1v) is 8.98. The molecule has 28 heavy (non-hydrogen) atoms. The van der Waals surface area contributed by atoms with Crippen LogP contribution in [0.2, 0.25) is 10.0 Å². The maximum absolute atomic E-state index is 13.9. The summed E-state index contributed by atoms with van der Waals surface area (Å²) in [5.74, 6) is -1.47. The van der Waals surface area contributed by atoms with E-state index in [1.165, 1.54) is 30.3 Å². The van der Waals surface area contributed by atoms with Crippen LogP contribution in [0.4, 0.5) is 15.8 Å². The molecule has 0 radical (unpaired) electrons. The van der Waals surface area contributed by atoms with Gasteiger partial charge in [-0.1, -0.05) is 29.3 Å². The quantitative estimate of drug-likeness (QED) is 0.538. The molecule has 0 saturated heterocycles. The molecule has 4 nitrogen and oxygen atoms in total. The van der Waals surface area contributed by atoms with Gasteiger partial charge >= 0.3 is 0 Å². The van der Waals surface area contributed by atoms with Crippen LogP contribution in [0.25, 0.3) is 0 Å². The molecule has 0 unspecified atom stereocenters. The Morgan fingerprint density at radius 3 is 2.36 bits per heavy atom. The van der Waals surface area contributed by atoms with E-state index in [1.807, 2.05) is 0 Å². The molecule has 0 bridgehead atoms. The first-order chi connectivity index (χ1) is 13.3. The number of primary amides is 1. The van der Waals surface area contributed by atoms with Crippen molar-refractivity contribution in [2.24, 2.45) is 5.73 Å². The summed E-state index contributed by atoms with van der Waals surface area (Å²) < 4.78 is 13.9. The summed E-state index contributed by atoms with van der Waals surface area (Å²) in [5.41, 5.74) is 7.55. The van der Waals surface area contributed by atoms with Crippen LogP contribution in [-0.4, -0.2) is 11.7 Å². The number of hydrogen-bond donors (Lipinski definition) is 2. The second-order valence-electron chi connectivity index (χ2n) is 6.17. The molecule has 0 fully saturated rings. The third-order valence-corrected chi connectivity index (χ3v) is 4.74. The maximum Gasteiger partial charge on any atom is 0.248 e. The van der Waals surface area contributed by atoms with E-state index in [0.29, 0.717) is 16.8 Å². The predicted octanol–water partition coefficient (Wildman–Crippen LogP) is 5.51. The van der Waals surface area contributed by atoms with Gasteiger partial charge in [-0.25, -0.2) is 4.39 Å². The highest BCUT2D eigenvalue weighted by molar-refractivity contribution is 6.35. The van der Waals surface area contributed by atoms with Crippen LogP contribution in [0, 0.1) is 12.7 Å². The van der Waals surface area contributed by atoms with E-state index in [2.05, 4.69) is 5.32 Å². The Morgan fingerprint density at radius 1 is 0.964 bits per heavy atom. The molecule has 0 saturated carbocycles. The normalized spacial score (nSPS) is 10.6. The number of amides is 1. The highest BCUT2D eigenvalue weighted by Crippen LogP contribution is 2.28. The molecule has 142 valence electrons. The summed E-state index contributed by atoms with van der Waals surface area (Å²) in [6, 6.07) is 13.6. The number of nitrogens with one attached hydrogen (secondary N) is 1. The van der Waals surface area contributed by atoms with Crippen LogP contribution in [-0.2, 0) is 0 Å². The van der Waals surface area contributed by atoms with Gasteiger partial charge in [-0.2, -0.15) is 0 Å². The van der Waals surface area contributed by atoms with Gasteiger partial charge in [0.15, 0.2) is 5.78 Å². The van der Waals surface area contributed by atoms with Crippen molar-refractivity contribution in [3.8, 4) is 0 Å². The monoisotopic (exact) mass is 416 g/mol. The predicted molar refractivity (Wildman–Crippen MR) is 109 cm³/mol. The van der Waals surface area contributed by atoms with Gasteiger partial charge in [-0.15, -0.1) is 0 Å². The minimum absolute atomic E-state index is 0.188. The van der Waals surface area contributed by atoms with Crippen LogP contribution in [0.15, 0.2) is 54.6 Å². The lowest BCUT2D eigenvalue weighted by Gasteiger charge is -2.11. The summed E-state index contributed by atoms with van der Waals surface area (Å²) in [6.45, 7) is 1.76. The van der Waals surface area contributed by atoms with Gasteiger partial charge in [-0.05, 0) is 61.0 Å². The first-order valence-electron chi connectivity index (χ1n) is 8.23. The van der Waals surface area contributed by atoms with Crippen molar-refractivity contribution in [3.63, 3.8) is 0 Å². The smallest absolute Gasteiger partial charge is 0.248 e. The Bertz CT molecular complexity index is 1100. The van der Waals surface area contributed by atoms with Crippen LogP contribution in [0.5, 0.6) is 0 Å². The molecule has 0 spiro atoms. The number of rotatable bonds is 5. The molecule has 3 aromatic carbocycles. The number of nitrogens with two attached hydrogens (primary N) is 1. The van der Waals surface area contributed by atoms with Gasteiger partial charge in [0, 0.05) is 27.4 Å². The minimum atomic E-state index is -0.621. The van der Waals surface area contributed by atoms with Crippen molar-refractivity contribution in [2.75, 3.05) is 5.32 Å². The molecule has 0 heterocycles. The molecular weight excluding hydrogens is 402 g/mol. The second-order valence-corrected chi connectivity index (χ2v) is 7.01. The topological polar surface area (TPSA) is 72.2 Å². The number of carbonyl (C=O) groups excluding carboxylic acids is 2. The Balaban J connectivity index is 1.91. The Morgan fingerprint density at radius 2 is 1.71 bits per heavy atom. The van der Waals surface area contributed by atoms with Gasteiger partial charge in [0.05, 0.1) is 10.7 Å². The lowest BCUT2D eigenvalue weighted by Crippen LogP contribution is -2.13. The van der Waals surface area contributed by atoms with E-state index in [1.54, 1.807) is 31.2 Å². The van der Waals surface area contributed by atoms with Gasteiger partial charge in [0.2, 0.25) is 5.91 Å². The Hall–Kier alpha value is -2.89. The van der Waals surface area contributed by atoms with Crippen molar-refractivity contribution in [3.05, 3.63) is 92.7 Å². The fraction of sp³-hybridized carbons (Fsp3) is 0.0476. The van der Waals surface area contributed by atoms with E-state index in [-0.39, 0.29) is 32.6 Å². The van der Waals surface area contributed by atoms with Crippen molar-refractivity contribution >= 4 is 46.3 Å². The molecule has 0 aliphatic heterocycles. The molecule has 0 aliphatic carbocycles. The zero-order valence-electron chi connectivity index (χ0n) is 14.7. The van der Waals surface area contributed by atoms with Crippen LogP contribution < -0.4 is 11.1 Å². The molecule has 3 N–H and O–H groups in total. The molecule has 0 aliphatic rings. The molecule has 3 rings (SSSR count). The van der Waals surface area contributed by atoms with Gasteiger partial charge < -0.3 is 11.1 Å². The first kappa shape index (κ1) is 19.9. The molecule has 0 aromatic heterocycles. The SMILES string of the molecule is Cc1ccc(C(N)=O)cc1C(=O)c1ccc(Nc2ccc(Cl)cc2F)cc1Cl. The third kappa shape index (κ3) is 4.16. The number of ketones is 1. The highest BCUT2D eigenvalue weighted by atomic mass is 35.5. The van der Waals surface area contributed by atoms with Gasteiger partial charge in [-0.3, -0.25) is 9.59 Å². The van der Waals surface area contributed by atoms with Crippen LogP contribution in [0.3, 0.4) is 0 Å². The summed E-state index contributed by atoms with van der Waals surface area (Å²) in [6.07, 6.45) is 0. The standard InChI is InChI=1S/C21H15Cl2FN2O2/c1-11-2-3-12(21(25)28)8-16(11)20(27)15-6-5-14(10-17(15)23)26-19-7-4-13(22)9-18(19)24/h2-10,26H,1H3,(H2,25,28). The van der Waals surface area contributed by atoms with E-state index in [9.17, 15) is 14.0 Å². The molecule has 7 heteroatoms. The lowest BCUT2D eigenvalue weighted by atomic mass is 9.96. The summed E-state index contributed by atoms with van der Waals surface area (Å²) in [4.78, 5) is 24.3. The molecule has 0 atom stereocenters. The number of hydrogen-bond acceptors (Lipinski definition) is 3. The zero-order chi connectivity index (χ0) is 20.4. The Labute approximate surface area is 171 Å². The average Bonchev–Trinajstić information content (AvgIpc) is 2.64. The molecular formula is C21H15Cl2FN2O2. The number of halogens is 3. The molecule has 3 aromatic rings. The third-order valence-electron chi connectivity index (χ3n) is 4.19. The highest BCUT2D eigenvalue weighted by Gasteiger charge is 2.17. The van der Waals surface area contributed by atoms with Crippen LogP contribution >= 0.6 is 23.2 Å². The number of anilines is 2. The van der Waals surface area contributed by atoms with E-state index < -0.39 is 11.7 Å². The van der Waals surface area contributed by atoms with Crippen molar-refractivity contribution in [1.82, 2.24) is 0 Å². The number of benzene rings is 3. The summed E-state index contributed by atoms with van der Waals surface area (Å²) >= 11 is 12.0. The maximum atomic E-state index is 13.9. The van der Waals surface area contributed by atoms with E-state index in [4.69, 9.17) is 28.9 Å². The van der Waals surface area contributed by atoms with Gasteiger partial charge in [0.25, 0.3) is 0 Å². The summed E-state index contributed by atoms with van der Waals surface area (Å²) in [7, 11) is 0. The lowest BCUT2D eigenvalue weighted by molar-refractivity contribution is 0.1000. The minimum Gasteiger partial charge on any atom is -0.366 e. The van der Waals surface area contributed by atoms with Crippen molar-refractivity contribution in [1.29, 1.82) is 0 Å². The number of carbonyl (C=O) groups is 2. The largest absolute Gasteiger partial charge is 0.366 e. The average molecular weight is 417 g/mol. The fourth-order valence-corrected chi connectivity index (χ4v) is 3.11. The summed E-state index contributed by atoms with van der Waals surface area (Å²) in [5, 5.41) is 3.37. The zero-order valence-corrected chi connectivity index (χ0v) is 16.2. The Kier molecular flexibility index (Phi) is 5.68. The van der Waals surface area contributed by atoms with Crippen LogP contribution in [0.1, 0.15) is 31.8 Å². The van der Waals surface area contributed by atoms with E-state index >= 15 is 0 Å². The van der Waals surface area contributed by atoms with Gasteiger partial charge in [0.1, 0.15) is 5.82 Å². The number of aryl methyl sites for hydroxylation is 1. The molecule has 1 amide bonds. The fourth-order valence-electron chi connectivity index (χ4n) is 2.69. The van der Waals surface area contributed by atoms with Crippen molar-refractivity contribution < 1.29 is 14.0 Å². The van der Waals surface area contributed by atoms with E-state index in [0.717, 1.165) is 0 Å². The van der Waals surface area contributed by atoms with Crippen molar-refractivity contribution in [2.45, 2.75) is 6.92 Å².